The van der Waals surface area contributed by atoms with Crippen LogP contribution in [0.3, 0.4) is 0 Å². The average molecular weight is 255 g/mol. The summed E-state index contributed by atoms with van der Waals surface area (Å²) in [6.07, 6.45) is 6.39. The Hall–Kier alpha value is -1.61. The lowest BCUT2D eigenvalue weighted by Gasteiger charge is -2.35. The minimum atomic E-state index is 0.621. The number of hydrogen-bond donors (Lipinski definition) is 1. The van der Waals surface area contributed by atoms with Gasteiger partial charge in [0.05, 0.1) is 0 Å². The molecule has 1 unspecified atom stereocenters. The van der Waals surface area contributed by atoms with Gasteiger partial charge < -0.3 is 10.2 Å². The van der Waals surface area contributed by atoms with Crippen molar-refractivity contribution < 1.29 is 0 Å². The second-order valence-corrected chi connectivity index (χ2v) is 5.22. The van der Waals surface area contributed by atoms with Crippen LogP contribution in [-0.2, 0) is 0 Å². The lowest BCUT2D eigenvalue weighted by Crippen LogP contribution is -2.45. The summed E-state index contributed by atoms with van der Waals surface area (Å²) in [4.78, 5) is 6.73. The van der Waals surface area contributed by atoms with Gasteiger partial charge >= 0.3 is 0 Å². The predicted octanol–water partition coefficient (Wildman–Crippen LogP) is 2.81. The van der Waals surface area contributed by atoms with Gasteiger partial charge in [0.2, 0.25) is 0 Å². The molecule has 0 radical (unpaired) electrons. The highest BCUT2D eigenvalue weighted by Crippen LogP contribution is 2.28. The maximum absolute atomic E-state index is 4.21. The van der Waals surface area contributed by atoms with Crippen LogP contribution in [0.2, 0.25) is 0 Å². The Labute approximate surface area is 114 Å². The van der Waals surface area contributed by atoms with E-state index < -0.39 is 0 Å². The molecule has 1 atom stereocenters. The third kappa shape index (κ3) is 2.56. The lowest BCUT2D eigenvalue weighted by molar-refractivity contribution is 0.432. The topological polar surface area (TPSA) is 28.2 Å². The standard InChI is InChI=1S/C16H21N3/c1-2-18-14-6-4-10-19(12-14)16-7-3-5-13-11-17-9-8-15(13)16/h3,5,7-9,11,14,18H,2,4,6,10,12H2,1H3. The average Bonchev–Trinajstić information content (AvgIpc) is 2.47. The van der Waals surface area contributed by atoms with Gasteiger partial charge in [-0.3, -0.25) is 4.98 Å². The number of fused-ring (bicyclic) bond motifs is 1. The number of aromatic nitrogens is 1. The largest absolute Gasteiger partial charge is 0.369 e. The number of nitrogens with zero attached hydrogens (tertiary/aromatic N) is 2. The van der Waals surface area contributed by atoms with Crippen molar-refractivity contribution in [1.29, 1.82) is 0 Å². The summed E-state index contributed by atoms with van der Waals surface area (Å²) in [6.45, 7) is 5.50. The first kappa shape index (κ1) is 12.4. The van der Waals surface area contributed by atoms with E-state index in [0.717, 1.165) is 19.6 Å². The van der Waals surface area contributed by atoms with E-state index in [-0.39, 0.29) is 0 Å². The summed E-state index contributed by atoms with van der Waals surface area (Å²) in [5.74, 6) is 0. The van der Waals surface area contributed by atoms with Crippen molar-refractivity contribution in [1.82, 2.24) is 10.3 Å². The van der Waals surface area contributed by atoms with Crippen molar-refractivity contribution in [3.63, 3.8) is 0 Å². The number of hydrogen-bond acceptors (Lipinski definition) is 3. The molecule has 0 bridgehead atoms. The highest BCUT2D eigenvalue weighted by molar-refractivity contribution is 5.93. The van der Waals surface area contributed by atoms with Gasteiger partial charge in [-0.05, 0) is 31.5 Å². The summed E-state index contributed by atoms with van der Waals surface area (Å²) in [7, 11) is 0. The molecule has 0 amide bonds. The highest BCUT2D eigenvalue weighted by Gasteiger charge is 2.20. The predicted molar refractivity (Wildman–Crippen MR) is 80.7 cm³/mol. The van der Waals surface area contributed by atoms with E-state index in [1.807, 2.05) is 12.4 Å². The Morgan fingerprint density at radius 2 is 2.32 bits per heavy atom. The van der Waals surface area contributed by atoms with E-state index in [9.17, 15) is 0 Å². The van der Waals surface area contributed by atoms with Gasteiger partial charge in [-0.15, -0.1) is 0 Å². The molecule has 0 spiro atoms. The van der Waals surface area contributed by atoms with Crippen molar-refractivity contribution in [2.24, 2.45) is 0 Å². The fourth-order valence-electron chi connectivity index (χ4n) is 3.03. The van der Waals surface area contributed by atoms with Crippen molar-refractivity contribution in [2.45, 2.75) is 25.8 Å². The van der Waals surface area contributed by atoms with Gasteiger partial charge in [-0.25, -0.2) is 0 Å². The first-order valence-electron chi connectivity index (χ1n) is 7.19. The minimum absolute atomic E-state index is 0.621. The molecule has 100 valence electrons. The molecule has 1 fully saturated rings. The first-order chi connectivity index (χ1) is 9.38. The monoisotopic (exact) mass is 255 g/mol. The zero-order valence-corrected chi connectivity index (χ0v) is 11.5. The number of benzene rings is 1. The van der Waals surface area contributed by atoms with Crippen LogP contribution in [0.1, 0.15) is 19.8 Å². The van der Waals surface area contributed by atoms with E-state index in [1.165, 1.54) is 29.3 Å². The van der Waals surface area contributed by atoms with Crippen LogP contribution in [0.4, 0.5) is 5.69 Å². The Bertz CT molecular complexity index is 545. The number of likely N-dealkylation sites (N-methyl/N-ethyl adjacent to an activating group) is 1. The van der Waals surface area contributed by atoms with E-state index in [0.29, 0.717) is 6.04 Å². The molecule has 19 heavy (non-hydrogen) atoms. The zero-order valence-electron chi connectivity index (χ0n) is 11.5. The van der Waals surface area contributed by atoms with Crippen molar-refractivity contribution in [3.8, 4) is 0 Å². The molecule has 0 aliphatic carbocycles. The Morgan fingerprint density at radius 3 is 3.21 bits per heavy atom. The van der Waals surface area contributed by atoms with E-state index in [4.69, 9.17) is 0 Å². The summed E-state index contributed by atoms with van der Waals surface area (Å²) >= 11 is 0. The summed E-state index contributed by atoms with van der Waals surface area (Å²) < 4.78 is 0. The van der Waals surface area contributed by atoms with Crippen LogP contribution < -0.4 is 10.2 Å². The van der Waals surface area contributed by atoms with Gasteiger partial charge in [-0.1, -0.05) is 19.1 Å². The number of nitrogens with one attached hydrogen (secondary N) is 1. The Kier molecular flexibility index (Phi) is 3.65. The third-order valence-corrected chi connectivity index (χ3v) is 3.91. The van der Waals surface area contributed by atoms with Crippen LogP contribution >= 0.6 is 0 Å². The molecule has 1 saturated heterocycles. The minimum Gasteiger partial charge on any atom is -0.369 e. The molecule has 1 aliphatic rings. The Balaban J connectivity index is 1.91. The molecule has 3 rings (SSSR count). The van der Waals surface area contributed by atoms with E-state index in [2.05, 4.69) is 46.4 Å². The van der Waals surface area contributed by atoms with Gasteiger partial charge in [0.25, 0.3) is 0 Å². The summed E-state index contributed by atoms with van der Waals surface area (Å²) in [5.41, 5.74) is 1.35. The summed E-state index contributed by atoms with van der Waals surface area (Å²) in [6, 6.07) is 9.25. The lowest BCUT2D eigenvalue weighted by atomic mass is 10.0. The third-order valence-electron chi connectivity index (χ3n) is 3.91. The quantitative estimate of drug-likeness (QED) is 0.914. The molecule has 3 heteroatoms. The van der Waals surface area contributed by atoms with Crippen LogP contribution in [0.25, 0.3) is 10.8 Å². The molecule has 1 N–H and O–H groups in total. The van der Waals surface area contributed by atoms with Gasteiger partial charge in [-0.2, -0.15) is 0 Å². The molecule has 1 aliphatic heterocycles. The molecule has 3 nitrogen and oxygen atoms in total. The number of pyridine rings is 1. The maximum atomic E-state index is 4.21. The number of anilines is 1. The highest BCUT2D eigenvalue weighted by atomic mass is 15.2. The molecule has 2 heterocycles. The molecule has 1 aromatic carbocycles. The second kappa shape index (κ2) is 5.57. The first-order valence-corrected chi connectivity index (χ1v) is 7.19. The molecule has 1 aromatic heterocycles. The van der Waals surface area contributed by atoms with Gasteiger partial charge in [0.15, 0.2) is 0 Å². The van der Waals surface area contributed by atoms with Crippen molar-refractivity contribution >= 4 is 16.5 Å². The van der Waals surface area contributed by atoms with Crippen molar-refractivity contribution in [3.05, 3.63) is 36.7 Å². The SMILES string of the molecule is CCNC1CCCN(c2cccc3cnccc23)C1. The van der Waals surface area contributed by atoms with Gasteiger partial charge in [0.1, 0.15) is 0 Å². The molecule has 2 aromatic rings. The summed E-state index contributed by atoms with van der Waals surface area (Å²) in [5, 5.41) is 6.12. The smallest absolute Gasteiger partial charge is 0.0447 e. The van der Waals surface area contributed by atoms with Crippen LogP contribution in [0, 0.1) is 0 Å². The molecule has 0 saturated carbocycles. The number of piperidine rings is 1. The fraction of sp³-hybridized carbons (Fsp3) is 0.438. The second-order valence-electron chi connectivity index (χ2n) is 5.22. The maximum Gasteiger partial charge on any atom is 0.0447 e. The van der Waals surface area contributed by atoms with Crippen LogP contribution in [0.15, 0.2) is 36.7 Å². The van der Waals surface area contributed by atoms with E-state index in [1.54, 1.807) is 0 Å². The Morgan fingerprint density at radius 1 is 1.37 bits per heavy atom. The fourth-order valence-corrected chi connectivity index (χ4v) is 3.03. The van der Waals surface area contributed by atoms with Crippen LogP contribution in [0.5, 0.6) is 0 Å². The molecular weight excluding hydrogens is 234 g/mol. The van der Waals surface area contributed by atoms with E-state index >= 15 is 0 Å². The van der Waals surface area contributed by atoms with Crippen LogP contribution in [-0.4, -0.2) is 30.7 Å². The normalized spacial score (nSPS) is 19.8. The number of rotatable bonds is 3. The zero-order chi connectivity index (χ0) is 13.1. The van der Waals surface area contributed by atoms with Gasteiger partial charge in [0, 0.05) is 48.0 Å². The van der Waals surface area contributed by atoms with Crippen molar-refractivity contribution in [2.75, 3.05) is 24.5 Å². The molecular formula is C16H21N3.